The van der Waals surface area contributed by atoms with Gasteiger partial charge in [-0.3, -0.25) is 4.79 Å². The highest BCUT2D eigenvalue weighted by Gasteiger charge is 2.27. The molecule has 0 radical (unpaired) electrons. The molecule has 1 amide bonds. The van der Waals surface area contributed by atoms with Crippen LogP contribution >= 0.6 is 0 Å². The smallest absolute Gasteiger partial charge is 0.243 e. The van der Waals surface area contributed by atoms with E-state index in [0.29, 0.717) is 30.9 Å². The van der Waals surface area contributed by atoms with E-state index in [1.165, 1.54) is 10.4 Å². The fourth-order valence-electron chi connectivity index (χ4n) is 2.82. The molecular formula is C19H30N2O4S. The van der Waals surface area contributed by atoms with E-state index in [1.807, 2.05) is 27.7 Å². The minimum atomic E-state index is -3.56. The van der Waals surface area contributed by atoms with Gasteiger partial charge in [0.25, 0.3) is 0 Å². The Morgan fingerprint density at radius 1 is 1.19 bits per heavy atom. The van der Waals surface area contributed by atoms with Crippen LogP contribution in [-0.2, 0) is 14.8 Å². The maximum Gasteiger partial charge on any atom is 0.243 e. The van der Waals surface area contributed by atoms with Crippen molar-refractivity contribution in [3.05, 3.63) is 18.2 Å². The average molecular weight is 383 g/mol. The molecule has 1 aliphatic rings. The van der Waals surface area contributed by atoms with E-state index in [2.05, 4.69) is 5.32 Å². The Labute approximate surface area is 157 Å². The number of hydrogen-bond donors (Lipinski definition) is 1. The van der Waals surface area contributed by atoms with Gasteiger partial charge in [-0.1, -0.05) is 20.3 Å². The van der Waals surface area contributed by atoms with Gasteiger partial charge in [-0.2, -0.15) is 4.31 Å². The van der Waals surface area contributed by atoms with Crippen LogP contribution in [0.25, 0.3) is 0 Å². The van der Waals surface area contributed by atoms with Gasteiger partial charge in [-0.15, -0.1) is 0 Å². The standard InChI is InChI=1S/C19H30N2O4S/c1-5-15(4)19(22)20-17-13-16(9-10-18(17)25-14(2)3)26(23,24)21-11-7-6-8-12-21/h9-10,13-15H,5-8,11-12H2,1-4H3,(H,20,22). The second-order valence-electron chi connectivity index (χ2n) is 7.09. The van der Waals surface area contributed by atoms with Gasteiger partial charge in [-0.25, -0.2) is 8.42 Å². The van der Waals surface area contributed by atoms with Gasteiger partial charge in [-0.05, 0) is 51.3 Å². The fraction of sp³-hybridized carbons (Fsp3) is 0.632. The minimum Gasteiger partial charge on any atom is -0.489 e. The van der Waals surface area contributed by atoms with Gasteiger partial charge in [0.2, 0.25) is 15.9 Å². The van der Waals surface area contributed by atoms with Crippen LogP contribution in [0.15, 0.2) is 23.1 Å². The van der Waals surface area contributed by atoms with Crippen LogP contribution in [0.1, 0.15) is 53.4 Å². The monoisotopic (exact) mass is 382 g/mol. The number of carbonyl (C=O) groups excluding carboxylic acids is 1. The summed E-state index contributed by atoms with van der Waals surface area (Å²) in [5.74, 6) is 0.173. The van der Waals surface area contributed by atoms with Crippen LogP contribution in [-0.4, -0.2) is 37.8 Å². The predicted molar refractivity (Wildman–Crippen MR) is 103 cm³/mol. The highest BCUT2D eigenvalue weighted by molar-refractivity contribution is 7.89. The molecule has 6 nitrogen and oxygen atoms in total. The number of sulfonamides is 1. The van der Waals surface area contributed by atoms with Crippen molar-refractivity contribution in [1.29, 1.82) is 0 Å². The van der Waals surface area contributed by atoms with E-state index in [-0.39, 0.29) is 22.8 Å². The summed E-state index contributed by atoms with van der Waals surface area (Å²) >= 11 is 0. The first kappa shape index (κ1) is 20.7. The molecular weight excluding hydrogens is 352 g/mol. The van der Waals surface area contributed by atoms with E-state index >= 15 is 0 Å². The Morgan fingerprint density at radius 3 is 2.42 bits per heavy atom. The van der Waals surface area contributed by atoms with Crippen LogP contribution in [0.2, 0.25) is 0 Å². The largest absolute Gasteiger partial charge is 0.489 e. The molecule has 0 bridgehead atoms. The Kier molecular flexibility index (Phi) is 7.06. The summed E-state index contributed by atoms with van der Waals surface area (Å²) in [6.07, 6.45) is 3.44. The van der Waals surface area contributed by atoms with Crippen molar-refractivity contribution in [2.45, 2.75) is 64.4 Å². The zero-order valence-electron chi connectivity index (χ0n) is 16.1. The molecule has 2 rings (SSSR count). The number of piperidine rings is 1. The van der Waals surface area contributed by atoms with Crippen molar-refractivity contribution >= 4 is 21.6 Å². The minimum absolute atomic E-state index is 0.0844. The van der Waals surface area contributed by atoms with Crippen molar-refractivity contribution < 1.29 is 17.9 Å². The van der Waals surface area contributed by atoms with Crippen LogP contribution in [0, 0.1) is 5.92 Å². The lowest BCUT2D eigenvalue weighted by Gasteiger charge is -2.26. The fourth-order valence-corrected chi connectivity index (χ4v) is 4.36. The number of amides is 1. The van der Waals surface area contributed by atoms with Gasteiger partial charge >= 0.3 is 0 Å². The first-order valence-electron chi connectivity index (χ1n) is 9.37. The summed E-state index contributed by atoms with van der Waals surface area (Å²) in [5, 5.41) is 2.84. The summed E-state index contributed by atoms with van der Waals surface area (Å²) in [6, 6.07) is 4.70. The summed E-state index contributed by atoms with van der Waals surface area (Å²) < 4.78 is 33.1. The number of carbonyl (C=O) groups is 1. The van der Waals surface area contributed by atoms with Crippen molar-refractivity contribution in [3.8, 4) is 5.75 Å². The van der Waals surface area contributed by atoms with Crippen LogP contribution in [0.5, 0.6) is 5.75 Å². The molecule has 0 aliphatic carbocycles. The molecule has 1 atom stereocenters. The van der Waals surface area contributed by atoms with Gasteiger partial charge in [0.05, 0.1) is 16.7 Å². The number of rotatable bonds is 7. The van der Waals surface area contributed by atoms with E-state index in [9.17, 15) is 13.2 Å². The zero-order valence-corrected chi connectivity index (χ0v) is 16.9. The highest BCUT2D eigenvalue weighted by Crippen LogP contribution is 2.31. The molecule has 1 heterocycles. The molecule has 0 aromatic heterocycles. The van der Waals surface area contributed by atoms with Gasteiger partial charge < -0.3 is 10.1 Å². The SMILES string of the molecule is CCC(C)C(=O)Nc1cc(S(=O)(=O)N2CCCCC2)ccc1OC(C)C. The van der Waals surface area contributed by atoms with Crippen molar-refractivity contribution in [3.63, 3.8) is 0 Å². The molecule has 1 saturated heterocycles. The van der Waals surface area contributed by atoms with Crippen LogP contribution in [0.3, 0.4) is 0 Å². The summed E-state index contributed by atoms with van der Waals surface area (Å²) in [4.78, 5) is 12.5. The molecule has 26 heavy (non-hydrogen) atoms. The van der Waals surface area contributed by atoms with E-state index in [1.54, 1.807) is 12.1 Å². The molecule has 7 heteroatoms. The molecule has 1 aromatic rings. The van der Waals surface area contributed by atoms with Crippen molar-refractivity contribution in [1.82, 2.24) is 4.31 Å². The quantitative estimate of drug-likeness (QED) is 0.781. The Balaban J connectivity index is 2.36. The van der Waals surface area contributed by atoms with Gasteiger partial charge in [0.1, 0.15) is 5.75 Å². The number of hydrogen-bond acceptors (Lipinski definition) is 4. The molecule has 1 N–H and O–H groups in total. The molecule has 1 aliphatic heterocycles. The van der Waals surface area contributed by atoms with E-state index in [4.69, 9.17) is 4.74 Å². The third kappa shape index (κ3) is 4.98. The first-order chi connectivity index (χ1) is 12.3. The Morgan fingerprint density at radius 2 is 1.85 bits per heavy atom. The maximum atomic E-state index is 12.9. The van der Waals surface area contributed by atoms with Gasteiger partial charge in [0, 0.05) is 19.0 Å². The normalized spacial score (nSPS) is 17.1. The third-order valence-electron chi connectivity index (χ3n) is 4.58. The Bertz CT molecular complexity index is 725. The first-order valence-corrected chi connectivity index (χ1v) is 10.8. The summed E-state index contributed by atoms with van der Waals surface area (Å²) in [7, 11) is -3.56. The van der Waals surface area contributed by atoms with Crippen LogP contribution < -0.4 is 10.1 Å². The second-order valence-corrected chi connectivity index (χ2v) is 9.03. The second kappa shape index (κ2) is 8.86. The van der Waals surface area contributed by atoms with E-state index < -0.39 is 10.0 Å². The molecule has 1 unspecified atom stereocenters. The lowest BCUT2D eigenvalue weighted by Crippen LogP contribution is -2.35. The number of benzene rings is 1. The van der Waals surface area contributed by atoms with E-state index in [0.717, 1.165) is 19.3 Å². The highest BCUT2D eigenvalue weighted by atomic mass is 32.2. The predicted octanol–water partition coefficient (Wildman–Crippen LogP) is 3.63. The number of ether oxygens (including phenoxy) is 1. The summed E-state index contributed by atoms with van der Waals surface area (Å²) in [6.45, 7) is 8.64. The van der Waals surface area contributed by atoms with Crippen LogP contribution in [0.4, 0.5) is 5.69 Å². The number of anilines is 1. The van der Waals surface area contributed by atoms with Crippen molar-refractivity contribution in [2.75, 3.05) is 18.4 Å². The molecule has 0 spiro atoms. The topological polar surface area (TPSA) is 75.7 Å². The molecule has 1 aromatic carbocycles. The zero-order chi connectivity index (χ0) is 19.3. The van der Waals surface area contributed by atoms with Crippen molar-refractivity contribution in [2.24, 2.45) is 5.92 Å². The summed E-state index contributed by atoms with van der Waals surface area (Å²) in [5.41, 5.74) is 0.405. The average Bonchev–Trinajstić information content (AvgIpc) is 2.62. The maximum absolute atomic E-state index is 12.9. The van der Waals surface area contributed by atoms with Gasteiger partial charge in [0.15, 0.2) is 0 Å². The molecule has 146 valence electrons. The molecule has 0 saturated carbocycles. The Hall–Kier alpha value is -1.60. The number of nitrogens with zero attached hydrogens (tertiary/aromatic N) is 1. The lowest BCUT2D eigenvalue weighted by molar-refractivity contribution is -0.119. The number of nitrogens with one attached hydrogen (secondary N) is 1. The third-order valence-corrected chi connectivity index (χ3v) is 6.48. The lowest BCUT2D eigenvalue weighted by atomic mass is 10.1. The molecule has 1 fully saturated rings.